The van der Waals surface area contributed by atoms with Crippen molar-refractivity contribution in [1.82, 2.24) is 0 Å². The molecule has 2 saturated carbocycles. The van der Waals surface area contributed by atoms with E-state index in [9.17, 15) is 0 Å². The van der Waals surface area contributed by atoms with Crippen LogP contribution in [-0.2, 0) is 0 Å². The third-order valence-electron chi connectivity index (χ3n) is 5.08. The third-order valence-corrected chi connectivity index (χ3v) is 5.08. The van der Waals surface area contributed by atoms with E-state index in [0.29, 0.717) is 0 Å². The van der Waals surface area contributed by atoms with Crippen molar-refractivity contribution in [2.45, 2.75) is 64.2 Å². The summed E-state index contributed by atoms with van der Waals surface area (Å²) in [5, 5.41) is 18.3. The number of rotatable bonds is 1. The Balaban J connectivity index is 1.95. The molecule has 0 aromatic heterocycles. The quantitative estimate of drug-likeness (QED) is 0.641. The van der Waals surface area contributed by atoms with Crippen LogP contribution in [0.3, 0.4) is 0 Å². The van der Waals surface area contributed by atoms with Gasteiger partial charge in [-0.3, -0.25) is 0 Å². The highest BCUT2D eigenvalue weighted by Crippen LogP contribution is 2.39. The largest absolute Gasteiger partial charge is 0.198 e. The van der Waals surface area contributed by atoms with Crippen molar-refractivity contribution in [3.8, 4) is 12.1 Å². The first-order chi connectivity index (χ1) is 8.85. The van der Waals surface area contributed by atoms with Crippen molar-refractivity contribution in [1.29, 1.82) is 10.5 Å². The molecule has 0 aliphatic heterocycles. The minimum atomic E-state index is -0.00854. The monoisotopic (exact) mass is 244 g/mol. The van der Waals surface area contributed by atoms with Crippen LogP contribution in [0.1, 0.15) is 64.2 Å². The molecule has 0 amide bonds. The second-order valence-electron chi connectivity index (χ2n) is 6.14. The fourth-order valence-corrected chi connectivity index (χ4v) is 3.90. The molecule has 0 N–H and O–H groups in total. The average Bonchev–Trinajstić information content (AvgIpc) is 2.78. The highest BCUT2D eigenvalue weighted by Gasteiger charge is 2.31. The molecule has 2 nitrogen and oxygen atoms in total. The molecule has 2 aliphatic carbocycles. The Morgan fingerprint density at radius 1 is 0.556 bits per heavy atom. The van der Waals surface area contributed by atoms with Crippen molar-refractivity contribution >= 4 is 0 Å². The van der Waals surface area contributed by atoms with Crippen LogP contribution in [0.2, 0.25) is 0 Å². The lowest BCUT2D eigenvalue weighted by Gasteiger charge is -2.24. The molecule has 0 spiro atoms. The molecular formula is C16H24N2. The van der Waals surface area contributed by atoms with Gasteiger partial charge in [0.1, 0.15) is 0 Å². The summed E-state index contributed by atoms with van der Waals surface area (Å²) in [4.78, 5) is 0. The molecule has 0 radical (unpaired) electrons. The zero-order valence-electron chi connectivity index (χ0n) is 11.3. The van der Waals surface area contributed by atoms with Crippen LogP contribution >= 0.6 is 0 Å². The van der Waals surface area contributed by atoms with E-state index in [4.69, 9.17) is 10.5 Å². The summed E-state index contributed by atoms with van der Waals surface area (Å²) in [5.74, 6) is 1.65. The van der Waals surface area contributed by atoms with Gasteiger partial charge >= 0.3 is 0 Å². The van der Waals surface area contributed by atoms with Gasteiger partial charge in [-0.05, 0) is 37.5 Å². The smallest absolute Gasteiger partial charge is 0.0669 e. The predicted octanol–water partition coefficient (Wildman–Crippen LogP) is 4.43. The second-order valence-corrected chi connectivity index (χ2v) is 6.14. The lowest BCUT2D eigenvalue weighted by atomic mass is 9.81. The van der Waals surface area contributed by atoms with Gasteiger partial charge in [0.15, 0.2) is 0 Å². The molecule has 0 saturated heterocycles. The Hall–Kier alpha value is -1.02. The van der Waals surface area contributed by atoms with Crippen LogP contribution in [0.5, 0.6) is 0 Å². The van der Waals surface area contributed by atoms with Gasteiger partial charge < -0.3 is 0 Å². The number of nitrogens with zero attached hydrogens (tertiary/aromatic N) is 2. The maximum absolute atomic E-state index is 9.16. The highest BCUT2D eigenvalue weighted by molar-refractivity contribution is 5.00. The van der Waals surface area contributed by atoms with Gasteiger partial charge in [-0.2, -0.15) is 10.5 Å². The first-order valence-corrected chi connectivity index (χ1v) is 7.64. The minimum Gasteiger partial charge on any atom is -0.198 e. The lowest BCUT2D eigenvalue weighted by Crippen LogP contribution is -2.13. The van der Waals surface area contributed by atoms with E-state index in [0.717, 1.165) is 24.7 Å². The normalized spacial score (nSPS) is 34.9. The van der Waals surface area contributed by atoms with Gasteiger partial charge in [0, 0.05) is 0 Å². The van der Waals surface area contributed by atoms with Crippen molar-refractivity contribution in [2.75, 3.05) is 0 Å². The van der Waals surface area contributed by atoms with Gasteiger partial charge in [0.05, 0.1) is 24.0 Å². The van der Waals surface area contributed by atoms with Gasteiger partial charge in [-0.25, -0.2) is 0 Å². The van der Waals surface area contributed by atoms with Gasteiger partial charge in [0.25, 0.3) is 0 Å². The molecule has 0 heterocycles. The zero-order chi connectivity index (χ0) is 12.8. The predicted molar refractivity (Wildman–Crippen MR) is 71.4 cm³/mol. The molecule has 2 atom stereocenters. The van der Waals surface area contributed by atoms with Gasteiger partial charge in [0.2, 0.25) is 0 Å². The fourth-order valence-electron chi connectivity index (χ4n) is 3.90. The molecule has 98 valence electrons. The number of hydrogen-bond acceptors (Lipinski definition) is 2. The lowest BCUT2D eigenvalue weighted by molar-refractivity contribution is 0.267. The summed E-state index contributed by atoms with van der Waals surface area (Å²) in [6.07, 6.45) is 12.6. The summed E-state index contributed by atoms with van der Waals surface area (Å²) >= 11 is 0. The zero-order valence-corrected chi connectivity index (χ0v) is 11.3. The minimum absolute atomic E-state index is 0.00854. The summed E-state index contributed by atoms with van der Waals surface area (Å²) in [6.45, 7) is 0. The van der Waals surface area contributed by atoms with E-state index in [1.165, 1.54) is 51.4 Å². The van der Waals surface area contributed by atoms with Crippen LogP contribution in [0.25, 0.3) is 0 Å². The Kier molecular flexibility index (Phi) is 5.06. The second kappa shape index (κ2) is 6.79. The molecule has 2 heteroatoms. The topological polar surface area (TPSA) is 47.6 Å². The van der Waals surface area contributed by atoms with Crippen LogP contribution in [0.15, 0.2) is 0 Å². The van der Waals surface area contributed by atoms with Crippen LogP contribution < -0.4 is 0 Å². The SMILES string of the molecule is N#CC1CCC(C2CCCCCC2)CCC1C#N. The average molecular weight is 244 g/mol. The van der Waals surface area contributed by atoms with E-state index < -0.39 is 0 Å². The summed E-state index contributed by atoms with van der Waals surface area (Å²) in [7, 11) is 0. The highest BCUT2D eigenvalue weighted by atomic mass is 14.4. The van der Waals surface area contributed by atoms with Crippen LogP contribution in [0, 0.1) is 46.3 Å². The Labute approximate surface area is 111 Å². The number of nitriles is 2. The molecule has 0 aromatic rings. The van der Waals surface area contributed by atoms with Crippen LogP contribution in [0.4, 0.5) is 0 Å². The number of hydrogen-bond donors (Lipinski definition) is 0. The standard InChI is InChI=1S/C16H24N2/c17-11-15-9-7-14(8-10-16(15)12-18)13-5-3-1-2-4-6-13/h13-16H,1-10H2. The van der Waals surface area contributed by atoms with E-state index in [2.05, 4.69) is 12.1 Å². The molecule has 0 aromatic carbocycles. The third kappa shape index (κ3) is 3.26. The molecule has 2 rings (SSSR count). The van der Waals surface area contributed by atoms with Crippen molar-refractivity contribution < 1.29 is 0 Å². The summed E-state index contributed by atoms with van der Waals surface area (Å²) in [5.41, 5.74) is 0. The van der Waals surface area contributed by atoms with Crippen molar-refractivity contribution in [3.05, 3.63) is 0 Å². The van der Waals surface area contributed by atoms with E-state index in [-0.39, 0.29) is 11.8 Å². The Morgan fingerprint density at radius 2 is 1.00 bits per heavy atom. The van der Waals surface area contributed by atoms with Crippen molar-refractivity contribution in [2.24, 2.45) is 23.7 Å². The fraction of sp³-hybridized carbons (Fsp3) is 0.875. The van der Waals surface area contributed by atoms with Crippen molar-refractivity contribution in [3.63, 3.8) is 0 Å². The molecule has 2 fully saturated rings. The van der Waals surface area contributed by atoms with Crippen LogP contribution in [-0.4, -0.2) is 0 Å². The molecule has 0 bridgehead atoms. The molecule has 18 heavy (non-hydrogen) atoms. The molecular weight excluding hydrogens is 220 g/mol. The Bertz CT molecular complexity index is 304. The summed E-state index contributed by atoms with van der Waals surface area (Å²) < 4.78 is 0. The van der Waals surface area contributed by atoms with E-state index in [1.54, 1.807) is 0 Å². The summed E-state index contributed by atoms with van der Waals surface area (Å²) in [6, 6.07) is 4.72. The first kappa shape index (κ1) is 13.4. The molecule has 2 unspecified atom stereocenters. The molecule has 2 aliphatic rings. The Morgan fingerprint density at radius 3 is 1.44 bits per heavy atom. The maximum Gasteiger partial charge on any atom is 0.0669 e. The maximum atomic E-state index is 9.16. The van der Waals surface area contributed by atoms with E-state index in [1.807, 2.05) is 0 Å². The first-order valence-electron chi connectivity index (χ1n) is 7.64. The van der Waals surface area contributed by atoms with Gasteiger partial charge in [-0.1, -0.05) is 38.5 Å². The van der Waals surface area contributed by atoms with E-state index >= 15 is 0 Å². The van der Waals surface area contributed by atoms with Gasteiger partial charge in [-0.15, -0.1) is 0 Å².